The molecule has 2 bridgehead atoms. The number of nitrogens with zero attached hydrogens (tertiary/aromatic N) is 1. The molecule has 0 spiro atoms. The zero-order chi connectivity index (χ0) is 33.5. The average molecular weight is 768 g/mol. The Morgan fingerprint density at radius 3 is 2.42 bits per heavy atom. The Morgan fingerprint density at radius 2 is 1.71 bits per heavy atom. The minimum absolute atomic E-state index is 0.0121. The molecule has 2 aliphatic heterocycles. The van der Waals surface area contributed by atoms with E-state index in [4.69, 9.17) is 9.88 Å². The molecular formula is C33H27BrN4O7S3. The molecule has 0 radical (unpaired) electrons. The topological polar surface area (TPSA) is 169 Å². The van der Waals surface area contributed by atoms with Crippen molar-refractivity contribution in [2.45, 2.75) is 27.5 Å². The van der Waals surface area contributed by atoms with Crippen molar-refractivity contribution >= 4 is 78.1 Å². The summed E-state index contributed by atoms with van der Waals surface area (Å²) in [5, 5.41) is 8.62. The van der Waals surface area contributed by atoms with Gasteiger partial charge in [0.2, 0.25) is 21.8 Å². The van der Waals surface area contributed by atoms with E-state index in [1.165, 1.54) is 29.2 Å². The molecule has 2 aliphatic carbocycles. The Bertz CT molecular complexity index is 2160. The van der Waals surface area contributed by atoms with Crippen LogP contribution >= 0.6 is 39.0 Å². The predicted molar refractivity (Wildman–Crippen MR) is 184 cm³/mol. The third-order valence-electron chi connectivity index (χ3n) is 9.87. The number of sulfonamides is 1. The molecule has 0 unspecified atom stereocenters. The molecule has 3 heterocycles. The molecule has 3 aromatic carbocycles. The summed E-state index contributed by atoms with van der Waals surface area (Å²) in [5.74, 6) is -1.70. The Morgan fingerprint density at radius 1 is 1.00 bits per heavy atom. The Kier molecular flexibility index (Phi) is 7.67. The molecule has 48 heavy (non-hydrogen) atoms. The zero-order valence-electron chi connectivity index (χ0n) is 24.9. The van der Waals surface area contributed by atoms with Gasteiger partial charge in [-0.05, 0) is 78.8 Å². The van der Waals surface area contributed by atoms with Gasteiger partial charge in [-0.2, -0.15) is 0 Å². The number of para-hydroxylation sites is 1. The SMILES string of the molecule is NS(=O)(=O)c1ccc(NC(=O)COc2ccc(Br)cc2[C@@H]2c3sc(=O)[nH]c3S[C@@H]3[C@@H]4C[C@@H]([C@@H]5C(=O)N(c6ccccc6)C(=O)[C@@H]45)[C@H]23)cc1. The monoisotopic (exact) mass is 766 g/mol. The van der Waals surface area contributed by atoms with E-state index >= 15 is 0 Å². The van der Waals surface area contributed by atoms with Crippen LogP contribution < -0.4 is 25.0 Å². The van der Waals surface area contributed by atoms with E-state index in [2.05, 4.69) is 26.2 Å². The fraction of sp³-hybridized carbons (Fsp3) is 0.273. The lowest BCUT2D eigenvalue weighted by molar-refractivity contribution is -0.123. The molecule has 1 aromatic heterocycles. The number of primary sulfonamides is 1. The van der Waals surface area contributed by atoms with Crippen LogP contribution in [0.15, 0.2) is 92.0 Å². The quantitative estimate of drug-likeness (QED) is 0.231. The van der Waals surface area contributed by atoms with Crippen molar-refractivity contribution in [2.75, 3.05) is 16.8 Å². The molecule has 246 valence electrons. The normalized spacial score (nSPS) is 27.0. The van der Waals surface area contributed by atoms with Crippen LogP contribution in [-0.4, -0.2) is 43.0 Å². The van der Waals surface area contributed by atoms with E-state index < -0.39 is 27.8 Å². The first-order chi connectivity index (χ1) is 23.0. The number of rotatable bonds is 7. The van der Waals surface area contributed by atoms with Crippen LogP contribution in [0.1, 0.15) is 22.8 Å². The maximum atomic E-state index is 14.0. The number of carbonyl (C=O) groups excluding carboxylic acids is 3. The molecule has 15 heteroatoms. The van der Waals surface area contributed by atoms with Gasteiger partial charge < -0.3 is 15.0 Å². The van der Waals surface area contributed by atoms with Gasteiger partial charge in [-0.15, -0.1) is 11.8 Å². The number of imide groups is 1. The van der Waals surface area contributed by atoms with Gasteiger partial charge in [-0.3, -0.25) is 24.1 Å². The second-order valence-electron chi connectivity index (χ2n) is 12.4. The lowest BCUT2D eigenvalue weighted by Crippen LogP contribution is -2.42. The minimum Gasteiger partial charge on any atom is -0.483 e. The van der Waals surface area contributed by atoms with Gasteiger partial charge in [0.1, 0.15) is 5.75 Å². The van der Waals surface area contributed by atoms with Crippen LogP contribution in [0.4, 0.5) is 11.4 Å². The molecule has 7 atom stereocenters. The number of benzene rings is 3. The fourth-order valence-electron chi connectivity index (χ4n) is 8.16. The smallest absolute Gasteiger partial charge is 0.305 e. The van der Waals surface area contributed by atoms with Gasteiger partial charge in [-0.1, -0.05) is 45.5 Å². The van der Waals surface area contributed by atoms with Gasteiger partial charge in [-0.25, -0.2) is 13.6 Å². The molecule has 2 saturated carbocycles. The summed E-state index contributed by atoms with van der Waals surface area (Å²) in [6.07, 6.45) is 0.740. The molecule has 11 nitrogen and oxygen atoms in total. The number of nitrogens with two attached hydrogens (primary N) is 1. The minimum atomic E-state index is -3.87. The number of aromatic nitrogens is 1. The highest BCUT2D eigenvalue weighted by Crippen LogP contribution is 2.69. The maximum Gasteiger partial charge on any atom is 0.305 e. The molecule has 4 N–H and O–H groups in total. The summed E-state index contributed by atoms with van der Waals surface area (Å²) in [5.41, 5.74) is 1.73. The number of carbonyl (C=O) groups is 3. The van der Waals surface area contributed by atoms with Crippen LogP contribution in [0.5, 0.6) is 5.75 Å². The summed E-state index contributed by atoms with van der Waals surface area (Å²) in [4.78, 5) is 58.5. The van der Waals surface area contributed by atoms with E-state index in [1.807, 2.05) is 30.3 Å². The summed E-state index contributed by atoms with van der Waals surface area (Å²) in [7, 11) is -3.87. The molecular weight excluding hydrogens is 740 g/mol. The standard InChI is InChI=1S/C33H27BrN4O7S3/c34-15-6-11-22(45-14-23(39)36-16-7-9-18(10-8-16)48(35,43)44)19(12-15)24-25-20-13-21(28(25)46-30-29(24)47-33(42)37-30)27-26(20)31(40)38(32(27)41)17-4-2-1-3-5-17/h1-12,20-21,24-28H,13-14H2,(H,36,39)(H,37,42)(H2,35,43,44)/t20-,21-,24+,25-,26+,27+,28-/m1/s1. The third-order valence-corrected chi connectivity index (χ3v) is 13.9. The molecule has 1 saturated heterocycles. The first-order valence-corrected chi connectivity index (χ1v) is 19.2. The van der Waals surface area contributed by atoms with E-state index in [9.17, 15) is 27.6 Å². The number of H-pyrrole nitrogens is 1. The number of hydrogen-bond donors (Lipinski definition) is 3. The van der Waals surface area contributed by atoms with Crippen molar-refractivity contribution in [3.05, 3.63) is 97.4 Å². The van der Waals surface area contributed by atoms with E-state index in [0.717, 1.165) is 37.7 Å². The second kappa shape index (κ2) is 11.7. The maximum absolute atomic E-state index is 14.0. The van der Waals surface area contributed by atoms with E-state index in [-0.39, 0.29) is 57.1 Å². The summed E-state index contributed by atoms with van der Waals surface area (Å²) in [6.45, 7) is -0.340. The predicted octanol–water partition coefficient (Wildman–Crippen LogP) is 4.54. The Balaban J connectivity index is 1.11. The van der Waals surface area contributed by atoms with Crippen LogP contribution in [0.2, 0.25) is 0 Å². The van der Waals surface area contributed by atoms with E-state index in [1.54, 1.807) is 30.0 Å². The lowest BCUT2D eigenvalue weighted by Gasteiger charge is -2.43. The van der Waals surface area contributed by atoms with Gasteiger partial charge >= 0.3 is 4.87 Å². The summed E-state index contributed by atoms with van der Waals surface area (Å²) >= 11 is 6.34. The highest BCUT2D eigenvalue weighted by Gasteiger charge is 2.69. The number of nitrogens with one attached hydrogen (secondary N) is 2. The number of thiazole rings is 1. The first kappa shape index (κ1) is 31.5. The van der Waals surface area contributed by atoms with Gasteiger partial charge in [0.15, 0.2) is 6.61 Å². The first-order valence-electron chi connectivity index (χ1n) is 15.2. The number of hydrogen-bond acceptors (Lipinski definition) is 9. The summed E-state index contributed by atoms with van der Waals surface area (Å²) < 4.78 is 30.1. The largest absolute Gasteiger partial charge is 0.483 e. The van der Waals surface area contributed by atoms with Gasteiger partial charge in [0, 0.05) is 31.8 Å². The Hall–Kier alpha value is -3.76. The molecule has 3 amide bonds. The summed E-state index contributed by atoms with van der Waals surface area (Å²) in [6, 6.07) is 20.1. The lowest BCUT2D eigenvalue weighted by atomic mass is 9.68. The molecule has 8 rings (SSSR count). The highest BCUT2D eigenvalue weighted by molar-refractivity contribution is 9.10. The number of fused-ring (bicyclic) bond motifs is 9. The number of anilines is 2. The average Bonchev–Trinajstić information content (AvgIpc) is 3.79. The van der Waals surface area contributed by atoms with Gasteiger partial charge in [0.05, 0.1) is 27.4 Å². The molecule has 3 fully saturated rings. The van der Waals surface area contributed by atoms with Crippen molar-refractivity contribution in [2.24, 2.45) is 34.7 Å². The molecule has 4 aliphatic rings. The van der Waals surface area contributed by atoms with Crippen molar-refractivity contribution in [3.63, 3.8) is 0 Å². The van der Waals surface area contributed by atoms with Crippen LogP contribution in [0, 0.1) is 29.6 Å². The number of aromatic amines is 1. The second-order valence-corrected chi connectivity index (χ2v) is 17.1. The zero-order valence-corrected chi connectivity index (χ0v) is 28.9. The number of thioether (sulfide) groups is 1. The van der Waals surface area contributed by atoms with Crippen molar-refractivity contribution in [3.8, 4) is 5.75 Å². The number of halogens is 1. The number of amides is 3. The highest BCUT2D eigenvalue weighted by atomic mass is 79.9. The third kappa shape index (κ3) is 5.14. The molecule has 4 aromatic rings. The number of ether oxygens (including phenoxy) is 1. The van der Waals surface area contributed by atoms with Crippen molar-refractivity contribution in [1.82, 2.24) is 4.98 Å². The van der Waals surface area contributed by atoms with Crippen LogP contribution in [0.25, 0.3) is 0 Å². The van der Waals surface area contributed by atoms with Crippen molar-refractivity contribution in [1.29, 1.82) is 0 Å². The van der Waals surface area contributed by atoms with Crippen molar-refractivity contribution < 1.29 is 27.5 Å². The van der Waals surface area contributed by atoms with Crippen LogP contribution in [0.3, 0.4) is 0 Å². The van der Waals surface area contributed by atoms with Gasteiger partial charge in [0.25, 0.3) is 5.91 Å². The fourth-order valence-corrected chi connectivity index (χ4v) is 11.9. The Labute approximate surface area is 291 Å². The van der Waals surface area contributed by atoms with E-state index in [0.29, 0.717) is 17.1 Å². The van der Waals surface area contributed by atoms with Crippen LogP contribution in [-0.2, 0) is 24.4 Å².